The van der Waals surface area contributed by atoms with Gasteiger partial charge in [0, 0.05) is 11.5 Å². The number of nitrogens with one attached hydrogen (secondary N) is 2. The van der Waals surface area contributed by atoms with Crippen LogP contribution < -0.4 is 10.6 Å². The summed E-state index contributed by atoms with van der Waals surface area (Å²) in [5.74, 6) is 0. The molecule has 0 atom stereocenters. The minimum Gasteiger partial charge on any atom is -0.306 e. The molecule has 0 bridgehead atoms. The molecule has 8 heteroatoms. The highest BCUT2D eigenvalue weighted by Crippen LogP contribution is 2.21. The van der Waals surface area contributed by atoms with Gasteiger partial charge in [-0.3, -0.25) is 5.32 Å². The number of anilines is 2. The minimum absolute atomic E-state index is 0.396. The lowest BCUT2D eigenvalue weighted by molar-refractivity contribution is 0.262. The van der Waals surface area contributed by atoms with Crippen LogP contribution in [-0.4, -0.2) is 21.6 Å². The SMILES string of the molecule is CSc1nsc(NC(=O)Nc2ccccc2Cl)n1. The molecule has 2 amide bonds. The van der Waals surface area contributed by atoms with E-state index in [1.165, 1.54) is 11.8 Å². The van der Waals surface area contributed by atoms with Crippen molar-refractivity contribution in [2.45, 2.75) is 5.16 Å². The third-order valence-electron chi connectivity index (χ3n) is 1.93. The summed E-state index contributed by atoms with van der Waals surface area (Å²) in [6.45, 7) is 0. The maximum absolute atomic E-state index is 11.7. The monoisotopic (exact) mass is 300 g/mol. The number of carbonyl (C=O) groups is 1. The van der Waals surface area contributed by atoms with Crippen molar-refractivity contribution in [3.05, 3.63) is 29.3 Å². The Labute approximate surface area is 117 Å². The van der Waals surface area contributed by atoms with E-state index in [0.717, 1.165) is 11.5 Å². The minimum atomic E-state index is -0.396. The average Bonchev–Trinajstić information content (AvgIpc) is 2.80. The Morgan fingerprint density at radius 2 is 2.17 bits per heavy atom. The molecule has 0 fully saturated rings. The summed E-state index contributed by atoms with van der Waals surface area (Å²) >= 11 is 8.48. The third-order valence-corrected chi connectivity index (χ3v) is 3.56. The molecular weight excluding hydrogens is 292 g/mol. The van der Waals surface area contributed by atoms with E-state index in [4.69, 9.17) is 11.6 Å². The smallest absolute Gasteiger partial charge is 0.306 e. The lowest BCUT2D eigenvalue weighted by Gasteiger charge is -2.06. The molecule has 0 aliphatic rings. The van der Waals surface area contributed by atoms with Crippen LogP contribution in [0, 0.1) is 0 Å². The first-order valence-corrected chi connectivity index (χ1v) is 7.27. The van der Waals surface area contributed by atoms with E-state index in [2.05, 4.69) is 20.0 Å². The van der Waals surface area contributed by atoms with E-state index in [1.54, 1.807) is 24.3 Å². The van der Waals surface area contributed by atoms with Crippen LogP contribution in [0.2, 0.25) is 5.02 Å². The summed E-state index contributed by atoms with van der Waals surface area (Å²) < 4.78 is 4.04. The number of amides is 2. The molecule has 0 unspecified atom stereocenters. The first kappa shape index (κ1) is 13.1. The molecule has 0 radical (unpaired) electrons. The van der Waals surface area contributed by atoms with Crippen LogP contribution >= 0.6 is 34.9 Å². The van der Waals surface area contributed by atoms with E-state index in [0.29, 0.717) is 21.0 Å². The molecule has 1 heterocycles. The van der Waals surface area contributed by atoms with Crippen molar-refractivity contribution in [1.82, 2.24) is 9.36 Å². The van der Waals surface area contributed by atoms with Gasteiger partial charge in [-0.05, 0) is 18.4 Å². The number of rotatable bonds is 3. The number of carbonyl (C=O) groups excluding carboxylic acids is 1. The first-order valence-electron chi connectivity index (χ1n) is 4.89. The van der Waals surface area contributed by atoms with Crippen LogP contribution in [0.4, 0.5) is 15.6 Å². The molecule has 0 saturated carbocycles. The molecule has 0 spiro atoms. The molecular formula is C10H9ClN4OS2. The fourth-order valence-corrected chi connectivity index (χ4v) is 2.46. The zero-order valence-corrected chi connectivity index (χ0v) is 11.7. The molecule has 18 heavy (non-hydrogen) atoms. The Morgan fingerprint density at radius 3 is 2.83 bits per heavy atom. The summed E-state index contributed by atoms with van der Waals surface area (Å²) in [6.07, 6.45) is 1.87. The number of nitrogens with zero attached hydrogens (tertiary/aromatic N) is 2. The Kier molecular flexibility index (Phi) is 4.40. The van der Waals surface area contributed by atoms with Crippen molar-refractivity contribution < 1.29 is 4.79 Å². The molecule has 5 nitrogen and oxygen atoms in total. The number of benzene rings is 1. The van der Waals surface area contributed by atoms with Crippen molar-refractivity contribution in [2.24, 2.45) is 0 Å². The van der Waals surface area contributed by atoms with Gasteiger partial charge in [-0.15, -0.1) is 0 Å². The highest BCUT2D eigenvalue weighted by Gasteiger charge is 2.08. The van der Waals surface area contributed by atoms with Gasteiger partial charge < -0.3 is 5.32 Å². The van der Waals surface area contributed by atoms with Gasteiger partial charge in [0.25, 0.3) is 0 Å². The van der Waals surface area contributed by atoms with Gasteiger partial charge in [0.1, 0.15) is 0 Å². The summed E-state index contributed by atoms with van der Waals surface area (Å²) in [5.41, 5.74) is 0.547. The number of thioether (sulfide) groups is 1. The number of hydrogen-bond acceptors (Lipinski definition) is 5. The van der Waals surface area contributed by atoms with Crippen molar-refractivity contribution in [2.75, 3.05) is 16.9 Å². The van der Waals surface area contributed by atoms with Gasteiger partial charge in [-0.2, -0.15) is 9.36 Å². The molecule has 1 aromatic heterocycles. The Hall–Kier alpha value is -1.31. The highest BCUT2D eigenvalue weighted by molar-refractivity contribution is 7.98. The van der Waals surface area contributed by atoms with Crippen LogP contribution in [0.1, 0.15) is 0 Å². The number of halogens is 1. The van der Waals surface area contributed by atoms with Crippen molar-refractivity contribution in [1.29, 1.82) is 0 Å². The fourth-order valence-electron chi connectivity index (χ4n) is 1.16. The summed E-state index contributed by atoms with van der Waals surface area (Å²) in [5, 5.41) is 6.79. The molecule has 94 valence electrons. The third kappa shape index (κ3) is 3.34. The second-order valence-electron chi connectivity index (χ2n) is 3.15. The second-order valence-corrected chi connectivity index (χ2v) is 5.08. The lowest BCUT2D eigenvalue weighted by Crippen LogP contribution is -2.19. The normalized spacial score (nSPS) is 10.1. The standard InChI is InChI=1S/C10H9ClN4OS2/c1-17-10-14-9(18-15-10)13-8(16)12-7-5-3-2-4-6(7)11/h2-5H,1H3,(H2,12,13,14,15,16). The van der Waals surface area contributed by atoms with Gasteiger partial charge in [0.15, 0.2) is 0 Å². The Balaban J connectivity index is 1.99. The van der Waals surface area contributed by atoms with Gasteiger partial charge in [0.2, 0.25) is 10.3 Å². The van der Waals surface area contributed by atoms with E-state index in [9.17, 15) is 4.79 Å². The maximum Gasteiger partial charge on any atom is 0.325 e. The van der Waals surface area contributed by atoms with Gasteiger partial charge in [0.05, 0.1) is 10.7 Å². The van der Waals surface area contributed by atoms with Gasteiger partial charge in [-0.25, -0.2) is 4.79 Å². The average molecular weight is 301 g/mol. The van der Waals surface area contributed by atoms with Crippen LogP contribution in [-0.2, 0) is 0 Å². The van der Waals surface area contributed by atoms with Crippen LogP contribution in [0.25, 0.3) is 0 Å². The van der Waals surface area contributed by atoms with E-state index >= 15 is 0 Å². The van der Waals surface area contributed by atoms with Crippen LogP contribution in [0.15, 0.2) is 29.4 Å². The number of para-hydroxylation sites is 1. The maximum atomic E-state index is 11.7. The lowest BCUT2D eigenvalue weighted by atomic mass is 10.3. The molecule has 0 saturated heterocycles. The first-order chi connectivity index (χ1) is 8.69. The largest absolute Gasteiger partial charge is 0.325 e. The zero-order valence-electron chi connectivity index (χ0n) is 9.31. The topological polar surface area (TPSA) is 66.9 Å². The predicted molar refractivity (Wildman–Crippen MR) is 75.8 cm³/mol. The Morgan fingerprint density at radius 1 is 1.39 bits per heavy atom. The quantitative estimate of drug-likeness (QED) is 0.851. The van der Waals surface area contributed by atoms with Crippen LogP contribution in [0.5, 0.6) is 0 Å². The molecule has 2 rings (SSSR count). The molecule has 0 aliphatic heterocycles. The van der Waals surface area contributed by atoms with E-state index in [1.807, 2.05) is 6.26 Å². The summed E-state index contributed by atoms with van der Waals surface area (Å²) in [6, 6.07) is 6.61. The van der Waals surface area contributed by atoms with Crippen molar-refractivity contribution in [3.63, 3.8) is 0 Å². The summed E-state index contributed by atoms with van der Waals surface area (Å²) in [4.78, 5) is 15.8. The van der Waals surface area contributed by atoms with Crippen molar-refractivity contribution in [3.8, 4) is 0 Å². The fraction of sp³-hybridized carbons (Fsp3) is 0.100. The van der Waals surface area contributed by atoms with Crippen molar-refractivity contribution >= 4 is 51.7 Å². The van der Waals surface area contributed by atoms with Gasteiger partial charge in [-0.1, -0.05) is 35.5 Å². The molecule has 1 aromatic carbocycles. The molecule has 0 aliphatic carbocycles. The summed E-state index contributed by atoms with van der Waals surface area (Å²) in [7, 11) is 0. The number of hydrogen-bond donors (Lipinski definition) is 2. The van der Waals surface area contributed by atoms with E-state index in [-0.39, 0.29) is 0 Å². The van der Waals surface area contributed by atoms with Crippen LogP contribution in [0.3, 0.4) is 0 Å². The predicted octanol–water partition coefficient (Wildman–Crippen LogP) is 3.56. The zero-order chi connectivity index (χ0) is 13.0. The van der Waals surface area contributed by atoms with Gasteiger partial charge >= 0.3 is 6.03 Å². The number of urea groups is 1. The van der Waals surface area contributed by atoms with E-state index < -0.39 is 6.03 Å². The highest BCUT2D eigenvalue weighted by atomic mass is 35.5. The Bertz CT molecular complexity index is 560. The molecule has 2 N–H and O–H groups in total. The number of aromatic nitrogens is 2. The molecule has 2 aromatic rings. The second kappa shape index (κ2) is 6.03.